The molecule has 0 aliphatic heterocycles. The number of fused-ring (bicyclic) bond motifs is 5. The molecule has 0 spiro atoms. The van der Waals surface area contributed by atoms with E-state index < -0.39 is 5.60 Å². The van der Waals surface area contributed by atoms with Gasteiger partial charge < -0.3 is 10.2 Å². The Labute approximate surface area is 185 Å². The van der Waals surface area contributed by atoms with Crippen LogP contribution in [-0.2, 0) is 0 Å². The molecule has 0 aromatic rings. The molecule has 0 aromatic carbocycles. The van der Waals surface area contributed by atoms with Gasteiger partial charge in [-0.05, 0) is 105 Å². The second kappa shape index (κ2) is 8.54. The van der Waals surface area contributed by atoms with Crippen molar-refractivity contribution in [2.75, 3.05) is 0 Å². The third-order valence-corrected chi connectivity index (χ3v) is 10.5. The van der Waals surface area contributed by atoms with Gasteiger partial charge >= 0.3 is 0 Å². The highest BCUT2D eigenvalue weighted by Crippen LogP contribution is 2.64. The molecule has 3 fully saturated rings. The van der Waals surface area contributed by atoms with Gasteiger partial charge in [0, 0.05) is 0 Å². The van der Waals surface area contributed by atoms with Gasteiger partial charge in [0.05, 0.1) is 11.7 Å². The van der Waals surface area contributed by atoms with E-state index in [1.807, 2.05) is 0 Å². The van der Waals surface area contributed by atoms with Gasteiger partial charge in [-0.1, -0.05) is 59.1 Å². The van der Waals surface area contributed by atoms with Crippen LogP contribution in [0.1, 0.15) is 105 Å². The number of rotatable bonds is 6. The molecule has 4 aliphatic carbocycles. The Hall–Kier alpha value is -0.340. The van der Waals surface area contributed by atoms with Gasteiger partial charge in [0.25, 0.3) is 0 Å². The summed E-state index contributed by atoms with van der Waals surface area (Å²) in [4.78, 5) is 0. The molecule has 172 valence electrons. The van der Waals surface area contributed by atoms with Crippen molar-refractivity contribution in [3.8, 4) is 0 Å². The summed E-state index contributed by atoms with van der Waals surface area (Å²) in [6, 6.07) is 0. The standard InChI is InChI=1S/C28H48O2/c1-6-28(30)15-14-27(5)21(17-28)16-23(19(4)10-13-25(29)18(2)3)26-22-9-7-8-20(22)11-12-24(26)27/h16,18-20,22-26,29-30H,6-15,17H2,1-5H3/t19-,20-,22-,23?,24+,25-,26+,27+,28+/m1/s1. The second-order valence-electron chi connectivity index (χ2n) is 12.4. The predicted molar refractivity (Wildman–Crippen MR) is 125 cm³/mol. The molecule has 4 aliphatic rings. The highest BCUT2D eigenvalue weighted by Gasteiger charge is 2.57. The molecule has 3 saturated carbocycles. The Morgan fingerprint density at radius 2 is 1.83 bits per heavy atom. The first-order valence-corrected chi connectivity index (χ1v) is 13.3. The summed E-state index contributed by atoms with van der Waals surface area (Å²) in [5, 5.41) is 21.6. The molecule has 30 heavy (non-hydrogen) atoms. The molecule has 2 N–H and O–H groups in total. The molecule has 9 atom stereocenters. The van der Waals surface area contributed by atoms with Crippen molar-refractivity contribution >= 4 is 0 Å². The van der Waals surface area contributed by atoms with Crippen LogP contribution in [-0.4, -0.2) is 21.9 Å². The fourth-order valence-electron chi connectivity index (χ4n) is 8.23. The van der Waals surface area contributed by atoms with Gasteiger partial charge in [-0.2, -0.15) is 0 Å². The molecule has 0 aromatic heterocycles. The van der Waals surface area contributed by atoms with E-state index in [1.54, 1.807) is 5.57 Å². The number of hydrogen-bond acceptors (Lipinski definition) is 2. The number of aliphatic hydroxyl groups is 2. The lowest BCUT2D eigenvalue weighted by molar-refractivity contribution is -0.0676. The molecule has 0 radical (unpaired) electrons. The summed E-state index contributed by atoms with van der Waals surface area (Å²) in [5.74, 6) is 5.15. The summed E-state index contributed by atoms with van der Waals surface area (Å²) < 4.78 is 0. The first kappa shape index (κ1) is 22.8. The quantitative estimate of drug-likeness (QED) is 0.470. The van der Waals surface area contributed by atoms with E-state index in [2.05, 4.69) is 40.7 Å². The predicted octanol–water partition coefficient (Wildman–Crippen LogP) is 6.75. The molecule has 4 rings (SSSR count). The number of hydrogen-bond donors (Lipinski definition) is 2. The van der Waals surface area contributed by atoms with Crippen LogP contribution in [0.5, 0.6) is 0 Å². The maximum Gasteiger partial charge on any atom is 0.0682 e. The van der Waals surface area contributed by atoms with Gasteiger partial charge in [-0.3, -0.25) is 0 Å². The van der Waals surface area contributed by atoms with Gasteiger partial charge in [0.15, 0.2) is 0 Å². The molecular weight excluding hydrogens is 368 g/mol. The van der Waals surface area contributed by atoms with Crippen LogP contribution in [0, 0.1) is 46.8 Å². The molecule has 0 heterocycles. The SMILES string of the molecule is CC[C@]1(O)CC[C@@]2(C)C(=CC([C@H](C)CC[C@@H](O)C(C)C)[C@@H]3[C@@H]4CCC[C@@H]4CC[C@@H]32)C1. The number of aliphatic hydroxyl groups excluding tert-OH is 1. The molecule has 0 saturated heterocycles. The zero-order valence-corrected chi connectivity index (χ0v) is 20.4. The largest absolute Gasteiger partial charge is 0.393 e. The molecule has 2 heteroatoms. The van der Waals surface area contributed by atoms with Crippen molar-refractivity contribution in [1.29, 1.82) is 0 Å². The summed E-state index contributed by atoms with van der Waals surface area (Å²) in [5.41, 5.74) is 1.43. The fourth-order valence-corrected chi connectivity index (χ4v) is 8.23. The maximum atomic E-state index is 11.2. The lowest BCUT2D eigenvalue weighted by Gasteiger charge is -2.59. The van der Waals surface area contributed by atoms with E-state index in [9.17, 15) is 10.2 Å². The first-order chi connectivity index (χ1) is 14.2. The molecule has 1 unspecified atom stereocenters. The van der Waals surface area contributed by atoms with Gasteiger partial charge in [0.1, 0.15) is 0 Å². The smallest absolute Gasteiger partial charge is 0.0682 e. The van der Waals surface area contributed by atoms with Crippen LogP contribution in [0.25, 0.3) is 0 Å². The van der Waals surface area contributed by atoms with Gasteiger partial charge in [-0.15, -0.1) is 0 Å². The first-order valence-electron chi connectivity index (χ1n) is 13.3. The van der Waals surface area contributed by atoms with Crippen LogP contribution in [0.15, 0.2) is 11.6 Å². The lowest BCUT2D eigenvalue weighted by Crippen LogP contribution is -2.53. The minimum atomic E-state index is -0.482. The Kier molecular flexibility index (Phi) is 6.50. The van der Waals surface area contributed by atoms with E-state index in [4.69, 9.17) is 0 Å². The van der Waals surface area contributed by atoms with Crippen molar-refractivity contribution in [3.63, 3.8) is 0 Å². The molecule has 0 bridgehead atoms. The second-order valence-corrected chi connectivity index (χ2v) is 12.4. The minimum Gasteiger partial charge on any atom is -0.393 e. The molecular formula is C28H48O2. The average Bonchev–Trinajstić information content (AvgIpc) is 3.21. The van der Waals surface area contributed by atoms with E-state index in [0.717, 1.165) is 55.8 Å². The van der Waals surface area contributed by atoms with E-state index in [0.29, 0.717) is 23.2 Å². The summed E-state index contributed by atoms with van der Waals surface area (Å²) in [7, 11) is 0. The van der Waals surface area contributed by atoms with E-state index in [-0.39, 0.29) is 6.10 Å². The van der Waals surface area contributed by atoms with Crippen LogP contribution in [0.4, 0.5) is 0 Å². The van der Waals surface area contributed by atoms with Crippen molar-refractivity contribution in [2.24, 2.45) is 46.8 Å². The average molecular weight is 417 g/mol. The molecule has 2 nitrogen and oxygen atoms in total. The topological polar surface area (TPSA) is 40.5 Å². The summed E-state index contributed by atoms with van der Waals surface area (Å²) in [6.45, 7) is 11.5. The normalized spacial score (nSPS) is 45.3. The highest BCUT2D eigenvalue weighted by atomic mass is 16.3. The van der Waals surface area contributed by atoms with E-state index >= 15 is 0 Å². The Morgan fingerprint density at radius 1 is 1.07 bits per heavy atom. The highest BCUT2D eigenvalue weighted by molar-refractivity contribution is 5.28. The monoisotopic (exact) mass is 416 g/mol. The Balaban J connectivity index is 1.65. The number of allylic oxidation sites excluding steroid dienone is 1. The van der Waals surface area contributed by atoms with Crippen molar-refractivity contribution < 1.29 is 10.2 Å². The van der Waals surface area contributed by atoms with Crippen LogP contribution < -0.4 is 0 Å². The van der Waals surface area contributed by atoms with Crippen LogP contribution >= 0.6 is 0 Å². The van der Waals surface area contributed by atoms with Crippen LogP contribution in [0.3, 0.4) is 0 Å². The fraction of sp³-hybridized carbons (Fsp3) is 0.929. The van der Waals surface area contributed by atoms with E-state index in [1.165, 1.54) is 38.5 Å². The third-order valence-electron chi connectivity index (χ3n) is 10.5. The lowest BCUT2D eigenvalue weighted by atomic mass is 9.46. The summed E-state index contributed by atoms with van der Waals surface area (Å²) in [6.07, 6.45) is 15.7. The van der Waals surface area contributed by atoms with Gasteiger partial charge in [0.2, 0.25) is 0 Å². The van der Waals surface area contributed by atoms with Crippen molar-refractivity contribution in [2.45, 2.75) is 117 Å². The summed E-state index contributed by atoms with van der Waals surface area (Å²) >= 11 is 0. The van der Waals surface area contributed by atoms with Crippen molar-refractivity contribution in [1.82, 2.24) is 0 Å². The maximum absolute atomic E-state index is 11.2. The zero-order chi connectivity index (χ0) is 21.7. The Morgan fingerprint density at radius 3 is 2.53 bits per heavy atom. The zero-order valence-electron chi connectivity index (χ0n) is 20.4. The van der Waals surface area contributed by atoms with Gasteiger partial charge in [-0.25, -0.2) is 0 Å². The Bertz CT molecular complexity index is 639. The van der Waals surface area contributed by atoms with Crippen molar-refractivity contribution in [3.05, 3.63) is 11.6 Å². The van der Waals surface area contributed by atoms with Crippen LogP contribution in [0.2, 0.25) is 0 Å². The third kappa shape index (κ3) is 3.94. The molecule has 0 amide bonds. The minimum absolute atomic E-state index is 0.171.